The monoisotopic (exact) mass is 423 g/mol. The normalized spacial score (nSPS) is 26.0. The lowest BCUT2D eigenvalue weighted by Gasteiger charge is -2.45. The van der Waals surface area contributed by atoms with Gasteiger partial charge in [-0.1, -0.05) is 37.3 Å². The first-order valence-corrected chi connectivity index (χ1v) is 10.2. The number of fused-ring (bicyclic) bond motifs is 1. The van der Waals surface area contributed by atoms with Crippen LogP contribution in [0, 0.1) is 5.92 Å². The first-order valence-electron chi connectivity index (χ1n) is 10.2. The van der Waals surface area contributed by atoms with Crippen LogP contribution < -0.4 is 10.7 Å². The van der Waals surface area contributed by atoms with Crippen LogP contribution in [0.5, 0.6) is 5.75 Å². The molecular weight excluding hydrogens is 398 g/mol. The van der Waals surface area contributed by atoms with E-state index in [1.165, 1.54) is 0 Å². The average Bonchev–Trinajstić information content (AvgIpc) is 3.08. The Bertz CT molecular complexity index is 993. The molecule has 4 N–H and O–H groups in total. The molecule has 9 nitrogen and oxygen atoms in total. The molecule has 4 rings (SSSR count). The number of esters is 1. The van der Waals surface area contributed by atoms with Crippen molar-refractivity contribution in [3.63, 3.8) is 0 Å². The summed E-state index contributed by atoms with van der Waals surface area (Å²) in [6.45, 7) is 3.96. The fraction of sp³-hybridized carbons (Fsp3) is 0.318. The number of carbonyl (C=O) groups is 1. The number of nitrogens with one attached hydrogen (secondary N) is 2. The number of phenols is 1. The largest absolute Gasteiger partial charge is 0.508 e. The number of benzene rings is 2. The van der Waals surface area contributed by atoms with Gasteiger partial charge in [0.15, 0.2) is 5.70 Å². The van der Waals surface area contributed by atoms with Crippen molar-refractivity contribution in [2.75, 3.05) is 6.61 Å². The van der Waals surface area contributed by atoms with Gasteiger partial charge in [-0.05, 0) is 36.8 Å². The molecule has 0 aromatic heterocycles. The lowest BCUT2D eigenvalue weighted by Crippen LogP contribution is -2.64. The van der Waals surface area contributed by atoms with Crippen LogP contribution in [0.1, 0.15) is 25.5 Å². The van der Waals surface area contributed by atoms with Gasteiger partial charge >= 0.3 is 5.97 Å². The molecule has 0 amide bonds. The third-order valence-corrected chi connectivity index (χ3v) is 5.48. The molecule has 0 bridgehead atoms. The van der Waals surface area contributed by atoms with Crippen LogP contribution in [-0.4, -0.2) is 40.0 Å². The van der Waals surface area contributed by atoms with E-state index >= 15 is 0 Å². The quantitative estimate of drug-likeness (QED) is 0.430. The lowest BCUT2D eigenvalue weighted by atomic mass is 9.85. The number of aliphatic hydroxyl groups is 1. The molecule has 31 heavy (non-hydrogen) atoms. The third-order valence-electron chi connectivity index (χ3n) is 5.48. The van der Waals surface area contributed by atoms with Crippen LogP contribution in [0.2, 0.25) is 0 Å². The number of azo groups is 1. The number of carbonyl (C=O) groups excluding carboxylic acids is 1. The summed E-state index contributed by atoms with van der Waals surface area (Å²) in [5, 5.41) is 33.8. The number of aromatic hydroxyl groups is 1. The van der Waals surface area contributed by atoms with Crippen molar-refractivity contribution >= 4 is 11.7 Å². The minimum Gasteiger partial charge on any atom is -0.508 e. The van der Waals surface area contributed by atoms with Crippen molar-refractivity contribution < 1.29 is 19.7 Å². The SMILES string of the molecule is CCOC(=O)C1NC2C(N=Nc3ccccc3)=C(O)NN2C(c2ccc(O)cc2)C1C. The number of phenolic OH excluding ortho intramolecular Hbond substituents is 1. The Balaban J connectivity index is 1.69. The third kappa shape index (κ3) is 4.10. The maximum atomic E-state index is 12.7. The molecule has 2 aliphatic heterocycles. The summed E-state index contributed by atoms with van der Waals surface area (Å²) in [6.07, 6.45) is -0.614. The first-order chi connectivity index (χ1) is 15.0. The number of rotatable bonds is 5. The Morgan fingerprint density at radius 3 is 2.48 bits per heavy atom. The number of ether oxygens (including phenoxy) is 1. The fourth-order valence-corrected chi connectivity index (χ4v) is 4.01. The van der Waals surface area contributed by atoms with E-state index in [-0.39, 0.29) is 41.9 Å². The summed E-state index contributed by atoms with van der Waals surface area (Å²) < 4.78 is 5.28. The highest BCUT2D eigenvalue weighted by atomic mass is 16.5. The van der Waals surface area contributed by atoms with Crippen LogP contribution in [0.4, 0.5) is 5.69 Å². The maximum absolute atomic E-state index is 12.7. The van der Waals surface area contributed by atoms with Gasteiger partial charge < -0.3 is 14.9 Å². The second kappa shape index (κ2) is 8.75. The Morgan fingerprint density at radius 1 is 1.10 bits per heavy atom. The van der Waals surface area contributed by atoms with Gasteiger partial charge in [0.25, 0.3) is 0 Å². The van der Waals surface area contributed by atoms with E-state index in [1.807, 2.05) is 25.1 Å². The lowest BCUT2D eigenvalue weighted by molar-refractivity contribution is -0.151. The summed E-state index contributed by atoms with van der Waals surface area (Å²) >= 11 is 0. The van der Waals surface area contributed by atoms with Crippen molar-refractivity contribution in [2.45, 2.75) is 32.1 Å². The zero-order chi connectivity index (χ0) is 22.0. The molecule has 2 aliphatic rings. The highest BCUT2D eigenvalue weighted by Gasteiger charge is 2.50. The molecule has 0 spiro atoms. The Labute approximate surface area is 180 Å². The van der Waals surface area contributed by atoms with Gasteiger partial charge in [-0.3, -0.25) is 15.5 Å². The summed E-state index contributed by atoms with van der Waals surface area (Å²) in [4.78, 5) is 12.7. The van der Waals surface area contributed by atoms with Crippen molar-refractivity contribution in [3.8, 4) is 5.75 Å². The Hall–Kier alpha value is -3.43. The van der Waals surface area contributed by atoms with Crippen LogP contribution in [0.15, 0.2) is 76.4 Å². The fourth-order valence-electron chi connectivity index (χ4n) is 4.01. The van der Waals surface area contributed by atoms with Gasteiger partial charge in [-0.2, -0.15) is 10.1 Å². The number of hydrogen-bond donors (Lipinski definition) is 4. The molecule has 2 aromatic rings. The first kappa shape index (κ1) is 20.8. The highest BCUT2D eigenvalue weighted by Crippen LogP contribution is 2.40. The van der Waals surface area contributed by atoms with Gasteiger partial charge in [0.2, 0.25) is 5.88 Å². The minimum absolute atomic E-state index is 0.141. The van der Waals surface area contributed by atoms with Crippen LogP contribution >= 0.6 is 0 Å². The molecule has 0 saturated carbocycles. The van der Waals surface area contributed by atoms with E-state index < -0.39 is 12.2 Å². The predicted octanol–water partition coefficient (Wildman–Crippen LogP) is 3.26. The van der Waals surface area contributed by atoms with Gasteiger partial charge in [0.05, 0.1) is 18.3 Å². The highest BCUT2D eigenvalue weighted by molar-refractivity contribution is 5.76. The number of hydrogen-bond acceptors (Lipinski definition) is 9. The van der Waals surface area contributed by atoms with Crippen molar-refractivity contribution in [1.29, 1.82) is 0 Å². The second-order valence-electron chi connectivity index (χ2n) is 7.48. The zero-order valence-corrected chi connectivity index (χ0v) is 17.3. The summed E-state index contributed by atoms with van der Waals surface area (Å²) in [6, 6.07) is 15.0. The zero-order valence-electron chi connectivity index (χ0n) is 17.3. The smallest absolute Gasteiger partial charge is 0.323 e. The Morgan fingerprint density at radius 2 is 1.81 bits per heavy atom. The summed E-state index contributed by atoms with van der Waals surface area (Å²) in [7, 11) is 0. The van der Waals surface area contributed by atoms with Crippen LogP contribution in [-0.2, 0) is 9.53 Å². The summed E-state index contributed by atoms with van der Waals surface area (Å²) in [5.41, 5.74) is 4.75. The van der Waals surface area contributed by atoms with Gasteiger partial charge in [0.1, 0.15) is 18.0 Å². The number of nitrogens with zero attached hydrogens (tertiary/aromatic N) is 3. The average molecular weight is 423 g/mol. The van der Waals surface area contributed by atoms with Crippen molar-refractivity contribution in [2.24, 2.45) is 16.1 Å². The van der Waals surface area contributed by atoms with Crippen LogP contribution in [0.3, 0.4) is 0 Å². The van der Waals surface area contributed by atoms with E-state index in [1.54, 1.807) is 48.3 Å². The second-order valence-corrected chi connectivity index (χ2v) is 7.48. The predicted molar refractivity (Wildman–Crippen MR) is 113 cm³/mol. The van der Waals surface area contributed by atoms with Gasteiger partial charge in [-0.25, -0.2) is 0 Å². The van der Waals surface area contributed by atoms with Gasteiger partial charge in [0, 0.05) is 5.92 Å². The van der Waals surface area contributed by atoms with Crippen LogP contribution in [0.25, 0.3) is 0 Å². The molecule has 9 heteroatoms. The van der Waals surface area contributed by atoms with E-state index in [0.717, 1.165) is 5.56 Å². The topological polar surface area (TPSA) is 119 Å². The standard InChI is InChI=1S/C22H25N5O4/c1-3-31-22(30)17-13(2)19(14-9-11-16(28)12-10-14)27-20(23-17)18(21(29)26-27)25-24-15-7-5-4-6-8-15/h4-13,17,19-20,23,26,28-29H,3H2,1-2H3. The molecule has 1 saturated heterocycles. The van der Waals surface area contributed by atoms with Gasteiger partial charge in [-0.15, -0.1) is 5.11 Å². The number of hydrazine groups is 1. The van der Waals surface area contributed by atoms with E-state index in [4.69, 9.17) is 4.74 Å². The number of aliphatic hydroxyl groups excluding tert-OH is 1. The molecule has 162 valence electrons. The maximum Gasteiger partial charge on any atom is 0.323 e. The van der Waals surface area contributed by atoms with Crippen molar-refractivity contribution in [3.05, 3.63) is 71.7 Å². The molecule has 2 aromatic carbocycles. The molecule has 4 unspecified atom stereocenters. The molecule has 0 radical (unpaired) electrons. The molecule has 0 aliphatic carbocycles. The van der Waals surface area contributed by atoms with E-state index in [0.29, 0.717) is 5.69 Å². The molecule has 2 heterocycles. The Kier molecular flexibility index (Phi) is 5.88. The van der Waals surface area contributed by atoms with E-state index in [2.05, 4.69) is 21.0 Å². The molecule has 4 atom stereocenters. The van der Waals surface area contributed by atoms with E-state index in [9.17, 15) is 15.0 Å². The van der Waals surface area contributed by atoms with Crippen molar-refractivity contribution in [1.82, 2.24) is 15.8 Å². The summed E-state index contributed by atoms with van der Waals surface area (Å²) in [5.74, 6) is -0.580. The molecular formula is C22H25N5O4. The molecule has 1 fully saturated rings. The minimum atomic E-state index is -0.630.